The summed E-state index contributed by atoms with van der Waals surface area (Å²) in [4.78, 5) is 27.6. The van der Waals surface area contributed by atoms with E-state index >= 15 is 0 Å². The van der Waals surface area contributed by atoms with Crippen molar-refractivity contribution in [3.63, 3.8) is 0 Å². The Morgan fingerprint density at radius 1 is 1.16 bits per heavy atom. The minimum atomic E-state index is -0.469. The highest BCUT2D eigenvalue weighted by Crippen LogP contribution is 2.60. The highest BCUT2D eigenvalue weighted by Gasteiger charge is 2.54. The minimum absolute atomic E-state index is 0.00678. The standard InChI is InChI=1S/C24H30ClFN2O3/c25-19-10-18(1-2-20(19)26)21-14-28(5-6-31-21)22(29)3-4-27-23(30)24-11-15-7-16(12-24)9-17(8-15)13-24/h1-2,10,15-17,21H,3-9,11-14H2,(H,27,30). The summed E-state index contributed by atoms with van der Waals surface area (Å²) in [7, 11) is 0. The normalized spacial score (nSPS) is 34.1. The van der Waals surface area contributed by atoms with E-state index in [0.717, 1.165) is 42.6 Å². The molecule has 0 radical (unpaired) electrons. The molecule has 5 fully saturated rings. The zero-order valence-electron chi connectivity index (χ0n) is 17.7. The minimum Gasteiger partial charge on any atom is -0.370 e. The van der Waals surface area contributed by atoms with Crippen LogP contribution in [0.15, 0.2) is 18.2 Å². The average Bonchev–Trinajstić information content (AvgIpc) is 2.74. The fourth-order valence-corrected chi connectivity index (χ4v) is 7.00. The number of halogens is 2. The number of carbonyl (C=O) groups excluding carboxylic acids is 2. The van der Waals surface area contributed by atoms with Crippen LogP contribution in [0.2, 0.25) is 5.02 Å². The number of carbonyl (C=O) groups is 2. The van der Waals surface area contributed by atoms with Gasteiger partial charge >= 0.3 is 0 Å². The molecule has 1 heterocycles. The molecule has 1 N–H and O–H groups in total. The molecule has 4 bridgehead atoms. The van der Waals surface area contributed by atoms with Crippen molar-refractivity contribution >= 4 is 23.4 Å². The molecule has 5 aliphatic rings. The molecule has 1 aromatic carbocycles. The second-order valence-electron chi connectivity index (χ2n) is 10.1. The first-order valence-corrected chi connectivity index (χ1v) is 11.9. The summed E-state index contributed by atoms with van der Waals surface area (Å²) in [6.07, 6.45) is 6.98. The second kappa shape index (κ2) is 8.36. The van der Waals surface area contributed by atoms with Gasteiger partial charge < -0.3 is 15.0 Å². The van der Waals surface area contributed by atoms with Gasteiger partial charge in [0.2, 0.25) is 11.8 Å². The molecule has 0 spiro atoms. The molecule has 1 aliphatic heterocycles. The lowest BCUT2D eigenvalue weighted by Crippen LogP contribution is -2.54. The second-order valence-corrected chi connectivity index (χ2v) is 10.5. The molecular formula is C24H30ClFN2O3. The summed E-state index contributed by atoms with van der Waals surface area (Å²) in [5.74, 6) is 1.88. The van der Waals surface area contributed by atoms with Crippen LogP contribution in [-0.4, -0.2) is 43.0 Å². The van der Waals surface area contributed by atoms with E-state index in [4.69, 9.17) is 16.3 Å². The Hall–Kier alpha value is -1.66. The lowest BCUT2D eigenvalue weighted by molar-refractivity contribution is -0.146. The van der Waals surface area contributed by atoms with Gasteiger partial charge in [-0.3, -0.25) is 9.59 Å². The number of nitrogens with one attached hydrogen (secondary N) is 1. The van der Waals surface area contributed by atoms with Crippen LogP contribution in [0, 0.1) is 29.0 Å². The third-order valence-corrected chi connectivity index (χ3v) is 8.17. The highest BCUT2D eigenvalue weighted by atomic mass is 35.5. The number of hydrogen-bond acceptors (Lipinski definition) is 3. The molecule has 7 heteroatoms. The van der Waals surface area contributed by atoms with E-state index in [1.54, 1.807) is 17.0 Å². The molecule has 4 saturated carbocycles. The summed E-state index contributed by atoms with van der Waals surface area (Å²) >= 11 is 5.89. The lowest BCUT2D eigenvalue weighted by atomic mass is 9.49. The Kier molecular flexibility index (Phi) is 5.72. The molecule has 1 aromatic rings. The van der Waals surface area contributed by atoms with E-state index in [2.05, 4.69) is 5.32 Å². The monoisotopic (exact) mass is 448 g/mol. The van der Waals surface area contributed by atoms with Crippen LogP contribution in [0.5, 0.6) is 0 Å². The van der Waals surface area contributed by atoms with Gasteiger partial charge in [-0.25, -0.2) is 4.39 Å². The van der Waals surface area contributed by atoms with Crippen molar-refractivity contribution in [3.8, 4) is 0 Å². The Balaban J connectivity index is 1.13. The number of hydrogen-bond donors (Lipinski definition) is 1. The number of ether oxygens (including phenoxy) is 1. The molecule has 31 heavy (non-hydrogen) atoms. The lowest BCUT2D eigenvalue weighted by Gasteiger charge is -2.55. The van der Waals surface area contributed by atoms with Crippen molar-refractivity contribution in [2.24, 2.45) is 23.2 Å². The molecule has 6 rings (SSSR count). The Bertz CT molecular complexity index is 841. The summed E-state index contributed by atoms with van der Waals surface area (Å²) < 4.78 is 19.2. The predicted molar refractivity (Wildman–Crippen MR) is 115 cm³/mol. The molecule has 5 nitrogen and oxygen atoms in total. The molecule has 4 aliphatic carbocycles. The van der Waals surface area contributed by atoms with Gasteiger partial charge in [-0.05, 0) is 74.0 Å². The smallest absolute Gasteiger partial charge is 0.226 e. The average molecular weight is 449 g/mol. The quantitative estimate of drug-likeness (QED) is 0.737. The maximum Gasteiger partial charge on any atom is 0.226 e. The molecule has 2 amide bonds. The largest absolute Gasteiger partial charge is 0.370 e. The van der Waals surface area contributed by atoms with Crippen LogP contribution in [-0.2, 0) is 14.3 Å². The number of rotatable bonds is 5. The van der Waals surface area contributed by atoms with Crippen LogP contribution in [0.25, 0.3) is 0 Å². The number of benzene rings is 1. The van der Waals surface area contributed by atoms with Gasteiger partial charge in [0.1, 0.15) is 11.9 Å². The van der Waals surface area contributed by atoms with Crippen LogP contribution in [0.3, 0.4) is 0 Å². The molecular weight excluding hydrogens is 419 g/mol. The van der Waals surface area contributed by atoms with E-state index < -0.39 is 5.82 Å². The summed E-state index contributed by atoms with van der Waals surface area (Å²) in [6, 6.07) is 4.52. The SMILES string of the molecule is O=C(CCNC(=O)C12CC3CC(CC(C3)C1)C2)N1CCOC(c2ccc(F)c(Cl)c2)C1. The van der Waals surface area contributed by atoms with Gasteiger partial charge in [-0.1, -0.05) is 17.7 Å². The first kappa shape index (κ1) is 21.2. The highest BCUT2D eigenvalue weighted by molar-refractivity contribution is 6.30. The maximum absolute atomic E-state index is 13.4. The topological polar surface area (TPSA) is 58.6 Å². The summed E-state index contributed by atoms with van der Waals surface area (Å²) in [6.45, 7) is 1.73. The number of amides is 2. The molecule has 168 valence electrons. The van der Waals surface area contributed by atoms with Crippen molar-refractivity contribution in [1.29, 1.82) is 0 Å². The van der Waals surface area contributed by atoms with E-state index in [-0.39, 0.29) is 34.8 Å². The Labute approximate surface area is 187 Å². The third-order valence-electron chi connectivity index (χ3n) is 7.88. The summed E-state index contributed by atoms with van der Waals surface area (Å²) in [5, 5.41) is 3.14. The maximum atomic E-state index is 13.4. The Morgan fingerprint density at radius 3 is 2.48 bits per heavy atom. The van der Waals surface area contributed by atoms with Crippen LogP contribution in [0.1, 0.15) is 56.6 Å². The van der Waals surface area contributed by atoms with Gasteiger partial charge in [0.15, 0.2) is 0 Å². The first-order chi connectivity index (χ1) is 14.9. The van der Waals surface area contributed by atoms with Crippen molar-refractivity contribution in [1.82, 2.24) is 10.2 Å². The Morgan fingerprint density at radius 2 is 1.84 bits per heavy atom. The first-order valence-electron chi connectivity index (χ1n) is 11.5. The van der Waals surface area contributed by atoms with Crippen molar-refractivity contribution in [2.75, 3.05) is 26.2 Å². The van der Waals surface area contributed by atoms with Gasteiger partial charge in [0.25, 0.3) is 0 Å². The predicted octanol–water partition coefficient (Wildman–Crippen LogP) is 4.10. The van der Waals surface area contributed by atoms with E-state index in [1.807, 2.05) is 0 Å². The van der Waals surface area contributed by atoms with Crippen LogP contribution < -0.4 is 5.32 Å². The molecule has 1 saturated heterocycles. The van der Waals surface area contributed by atoms with Crippen LogP contribution in [0.4, 0.5) is 4.39 Å². The van der Waals surface area contributed by atoms with E-state index in [0.29, 0.717) is 26.2 Å². The van der Waals surface area contributed by atoms with E-state index in [1.165, 1.54) is 25.3 Å². The number of morpholine rings is 1. The number of nitrogens with zero attached hydrogens (tertiary/aromatic N) is 1. The molecule has 1 atom stereocenters. The van der Waals surface area contributed by atoms with Gasteiger partial charge in [0, 0.05) is 24.9 Å². The van der Waals surface area contributed by atoms with Crippen LogP contribution >= 0.6 is 11.6 Å². The fraction of sp³-hybridized carbons (Fsp3) is 0.667. The van der Waals surface area contributed by atoms with Crippen molar-refractivity contribution in [2.45, 2.75) is 51.0 Å². The van der Waals surface area contributed by atoms with E-state index in [9.17, 15) is 14.0 Å². The van der Waals surface area contributed by atoms with Gasteiger partial charge in [0.05, 0.1) is 18.2 Å². The fourth-order valence-electron chi connectivity index (χ4n) is 6.81. The zero-order chi connectivity index (χ0) is 21.6. The summed E-state index contributed by atoms with van der Waals surface area (Å²) in [5.41, 5.74) is 0.586. The van der Waals surface area contributed by atoms with Crippen molar-refractivity contribution in [3.05, 3.63) is 34.6 Å². The molecule has 0 aromatic heterocycles. The van der Waals surface area contributed by atoms with Gasteiger partial charge in [-0.2, -0.15) is 0 Å². The molecule has 1 unspecified atom stereocenters. The van der Waals surface area contributed by atoms with Gasteiger partial charge in [-0.15, -0.1) is 0 Å². The zero-order valence-corrected chi connectivity index (χ0v) is 18.5. The third kappa shape index (κ3) is 4.21. The van der Waals surface area contributed by atoms with Crippen molar-refractivity contribution < 1.29 is 18.7 Å².